The number of hydrogen-bond donors (Lipinski definition) is 1. The fraction of sp³-hybridized carbons (Fsp3) is 0.440. The van der Waals surface area contributed by atoms with E-state index in [0.29, 0.717) is 11.9 Å². The van der Waals surface area contributed by atoms with E-state index >= 15 is 0 Å². The van der Waals surface area contributed by atoms with Gasteiger partial charge in [-0.15, -0.1) is 11.8 Å². The van der Waals surface area contributed by atoms with E-state index in [2.05, 4.69) is 68.5 Å². The lowest BCUT2D eigenvalue weighted by Crippen LogP contribution is -2.09. The highest BCUT2D eigenvalue weighted by molar-refractivity contribution is 7.99. The zero-order valence-electron chi connectivity index (χ0n) is 18.2. The van der Waals surface area contributed by atoms with Gasteiger partial charge in [0, 0.05) is 11.3 Å². The van der Waals surface area contributed by atoms with Crippen LogP contribution in [0.1, 0.15) is 69.3 Å². The van der Waals surface area contributed by atoms with Gasteiger partial charge in [0.25, 0.3) is 0 Å². The highest BCUT2D eigenvalue weighted by Gasteiger charge is 2.20. The molecule has 3 rings (SSSR count). The molecule has 0 aliphatic heterocycles. The second-order valence-corrected chi connectivity index (χ2v) is 9.21. The van der Waals surface area contributed by atoms with Gasteiger partial charge in [-0.05, 0) is 74.6 Å². The lowest BCUT2D eigenvalue weighted by molar-refractivity contribution is 0.684. The third-order valence-corrected chi connectivity index (χ3v) is 7.09. The van der Waals surface area contributed by atoms with Crippen molar-refractivity contribution in [3.05, 3.63) is 64.4 Å². The van der Waals surface area contributed by atoms with E-state index in [1.54, 1.807) is 11.8 Å². The summed E-state index contributed by atoms with van der Waals surface area (Å²) in [5, 5.41) is 0.937. The minimum absolute atomic E-state index is 0.346. The van der Waals surface area contributed by atoms with Crippen LogP contribution in [0.3, 0.4) is 0 Å². The van der Waals surface area contributed by atoms with Crippen molar-refractivity contribution in [2.75, 3.05) is 11.5 Å². The molecule has 1 atom stereocenters. The number of nitrogens with two attached hydrogens (primary N) is 1. The van der Waals surface area contributed by atoms with Crippen LogP contribution in [-0.2, 0) is 12.8 Å². The minimum atomic E-state index is 0.346. The van der Waals surface area contributed by atoms with Gasteiger partial charge in [-0.3, -0.25) is 0 Å². The molecule has 0 amide bonds. The van der Waals surface area contributed by atoms with Gasteiger partial charge in [0.2, 0.25) is 5.95 Å². The van der Waals surface area contributed by atoms with Crippen LogP contribution in [0.2, 0.25) is 0 Å². The number of thioether (sulfide) groups is 1. The standard InChI is InChI=1S/C25H33N3S/c1-6-17(4)24(21-13-9-11-19-10-7-8-12-20(19)21)22-14-23(28-25(26)27-22)29-15-18(5)16(2)3/h9,11,13-14,18H,2,6-8,10,12,15H2,1,3-5H3,(H2,26,27,28)/b24-17+. The molecular weight excluding hydrogens is 374 g/mol. The van der Waals surface area contributed by atoms with Crippen LogP contribution in [0.4, 0.5) is 5.95 Å². The van der Waals surface area contributed by atoms with Gasteiger partial charge in [0.1, 0.15) is 5.03 Å². The maximum Gasteiger partial charge on any atom is 0.221 e. The van der Waals surface area contributed by atoms with E-state index in [1.807, 2.05) is 0 Å². The average molecular weight is 408 g/mol. The molecular formula is C25H33N3S. The maximum atomic E-state index is 6.15. The van der Waals surface area contributed by atoms with E-state index in [-0.39, 0.29) is 0 Å². The van der Waals surface area contributed by atoms with E-state index in [1.165, 1.54) is 52.7 Å². The molecule has 4 heteroatoms. The Morgan fingerprint density at radius 2 is 1.97 bits per heavy atom. The minimum Gasteiger partial charge on any atom is -0.368 e. The molecule has 1 aliphatic rings. The fourth-order valence-corrected chi connectivity index (χ4v) is 4.83. The quantitative estimate of drug-likeness (QED) is 0.324. The molecule has 1 aromatic carbocycles. The zero-order chi connectivity index (χ0) is 21.0. The van der Waals surface area contributed by atoms with Crippen LogP contribution in [-0.4, -0.2) is 15.7 Å². The number of aryl methyl sites for hydroxylation is 1. The lowest BCUT2D eigenvalue weighted by Gasteiger charge is -2.22. The summed E-state index contributed by atoms with van der Waals surface area (Å²) in [5.41, 5.74) is 15.2. The van der Waals surface area contributed by atoms with Crippen molar-refractivity contribution in [1.29, 1.82) is 0 Å². The fourth-order valence-electron chi connectivity index (χ4n) is 3.78. The maximum absolute atomic E-state index is 6.15. The van der Waals surface area contributed by atoms with Gasteiger partial charge in [0.15, 0.2) is 0 Å². The number of aromatic nitrogens is 2. The van der Waals surface area contributed by atoms with Crippen LogP contribution < -0.4 is 5.73 Å². The van der Waals surface area contributed by atoms with Crippen molar-refractivity contribution in [3.8, 4) is 0 Å². The molecule has 2 N–H and O–H groups in total. The van der Waals surface area contributed by atoms with Gasteiger partial charge in [0.05, 0.1) is 5.69 Å². The Hall–Kier alpha value is -2.07. The number of nitrogen functional groups attached to an aromatic ring is 1. The Morgan fingerprint density at radius 1 is 1.21 bits per heavy atom. The van der Waals surface area contributed by atoms with Crippen molar-refractivity contribution in [2.24, 2.45) is 5.92 Å². The van der Waals surface area contributed by atoms with Crippen LogP contribution in [0.25, 0.3) is 5.57 Å². The number of fused-ring (bicyclic) bond motifs is 1. The van der Waals surface area contributed by atoms with Gasteiger partial charge in [-0.2, -0.15) is 0 Å². The van der Waals surface area contributed by atoms with Gasteiger partial charge in [-0.25, -0.2) is 9.97 Å². The number of allylic oxidation sites excluding steroid dienone is 2. The monoisotopic (exact) mass is 407 g/mol. The Bertz CT molecular complexity index is 930. The predicted octanol–water partition coefficient (Wildman–Crippen LogP) is 6.47. The summed E-state index contributed by atoms with van der Waals surface area (Å²) in [6, 6.07) is 8.85. The normalized spacial score (nSPS) is 15.4. The molecule has 3 nitrogen and oxygen atoms in total. The molecule has 2 aromatic rings. The smallest absolute Gasteiger partial charge is 0.221 e. The Balaban J connectivity index is 2.05. The van der Waals surface area contributed by atoms with Gasteiger partial charge >= 0.3 is 0 Å². The van der Waals surface area contributed by atoms with Crippen molar-refractivity contribution in [2.45, 2.75) is 64.8 Å². The van der Waals surface area contributed by atoms with E-state index in [9.17, 15) is 0 Å². The molecule has 1 heterocycles. The molecule has 154 valence electrons. The molecule has 1 aliphatic carbocycles. The second kappa shape index (κ2) is 9.62. The summed E-state index contributed by atoms with van der Waals surface area (Å²) >= 11 is 1.73. The molecule has 0 saturated heterocycles. The predicted molar refractivity (Wildman–Crippen MR) is 126 cm³/mol. The SMILES string of the molecule is C=C(C)C(C)CSc1cc(/C(=C(\C)CC)c2cccc3c2CCCC3)nc(N)n1. The Kier molecular flexibility index (Phi) is 7.18. The number of nitrogens with zero attached hydrogens (tertiary/aromatic N) is 2. The number of rotatable bonds is 7. The van der Waals surface area contributed by atoms with Crippen LogP contribution >= 0.6 is 11.8 Å². The highest BCUT2D eigenvalue weighted by Crippen LogP contribution is 2.35. The summed E-state index contributed by atoms with van der Waals surface area (Å²) < 4.78 is 0. The first-order valence-corrected chi connectivity index (χ1v) is 11.6. The first-order valence-electron chi connectivity index (χ1n) is 10.6. The number of anilines is 1. The molecule has 0 saturated carbocycles. The van der Waals surface area contributed by atoms with E-state index in [4.69, 9.17) is 5.73 Å². The number of hydrogen-bond acceptors (Lipinski definition) is 4. The molecule has 1 aromatic heterocycles. The van der Waals surface area contributed by atoms with Gasteiger partial charge in [-0.1, -0.05) is 49.8 Å². The Labute approximate surface area is 179 Å². The third-order valence-electron chi connectivity index (χ3n) is 5.92. The number of benzene rings is 1. The molecule has 0 spiro atoms. The van der Waals surface area contributed by atoms with Crippen molar-refractivity contribution in [1.82, 2.24) is 9.97 Å². The Morgan fingerprint density at radius 3 is 2.69 bits per heavy atom. The average Bonchev–Trinajstić information content (AvgIpc) is 2.71. The summed E-state index contributed by atoms with van der Waals surface area (Å²) in [6.07, 6.45) is 5.84. The van der Waals surface area contributed by atoms with Crippen LogP contribution in [0.15, 0.2) is 47.0 Å². The molecule has 29 heavy (non-hydrogen) atoms. The molecule has 0 bridgehead atoms. The zero-order valence-corrected chi connectivity index (χ0v) is 19.0. The third kappa shape index (κ3) is 5.11. The first-order chi connectivity index (χ1) is 13.9. The highest BCUT2D eigenvalue weighted by atomic mass is 32.2. The van der Waals surface area contributed by atoms with Crippen molar-refractivity contribution < 1.29 is 0 Å². The summed E-state index contributed by atoms with van der Waals surface area (Å²) in [5.74, 6) is 1.73. The summed E-state index contributed by atoms with van der Waals surface area (Å²) in [6.45, 7) is 12.8. The second-order valence-electron chi connectivity index (χ2n) is 8.17. The van der Waals surface area contributed by atoms with Crippen LogP contribution in [0.5, 0.6) is 0 Å². The van der Waals surface area contributed by atoms with Gasteiger partial charge < -0.3 is 5.73 Å². The topological polar surface area (TPSA) is 51.8 Å². The van der Waals surface area contributed by atoms with E-state index < -0.39 is 0 Å². The first kappa shape index (κ1) is 21.6. The van der Waals surface area contributed by atoms with Crippen molar-refractivity contribution >= 4 is 23.3 Å². The lowest BCUT2D eigenvalue weighted by atomic mass is 9.83. The van der Waals surface area contributed by atoms with Crippen LogP contribution in [0, 0.1) is 5.92 Å². The molecule has 0 fully saturated rings. The largest absolute Gasteiger partial charge is 0.368 e. The summed E-state index contributed by atoms with van der Waals surface area (Å²) in [7, 11) is 0. The van der Waals surface area contributed by atoms with E-state index in [0.717, 1.165) is 29.3 Å². The van der Waals surface area contributed by atoms with Crippen molar-refractivity contribution in [3.63, 3.8) is 0 Å². The summed E-state index contributed by atoms with van der Waals surface area (Å²) in [4.78, 5) is 9.16. The molecule has 1 unspecified atom stereocenters. The molecule has 0 radical (unpaired) electrons.